The van der Waals surface area contributed by atoms with Crippen molar-refractivity contribution in [2.24, 2.45) is 12.2 Å². The lowest BCUT2D eigenvalue weighted by Gasteiger charge is -2.49. The van der Waals surface area contributed by atoms with Crippen LogP contribution in [0.1, 0.15) is 5.69 Å². The smallest absolute Gasteiger partial charge is 0.352 e. The number of aromatic nitrogens is 5. The van der Waals surface area contributed by atoms with E-state index < -0.39 is 29.2 Å². The van der Waals surface area contributed by atoms with Crippen LogP contribution in [0.2, 0.25) is 0 Å². The molecule has 0 spiro atoms. The van der Waals surface area contributed by atoms with Crippen molar-refractivity contribution in [3.05, 3.63) is 35.3 Å². The van der Waals surface area contributed by atoms with Gasteiger partial charge in [0.25, 0.3) is 11.8 Å². The number of nitrogens with one attached hydrogen (secondary N) is 1. The van der Waals surface area contributed by atoms with Gasteiger partial charge < -0.3 is 21.0 Å². The van der Waals surface area contributed by atoms with Crippen molar-refractivity contribution in [1.82, 2.24) is 35.4 Å². The zero-order valence-electron chi connectivity index (χ0n) is 17.9. The van der Waals surface area contributed by atoms with Crippen molar-refractivity contribution in [2.45, 2.75) is 16.6 Å². The number of anilines is 1. The number of carboxylic acids is 1. The number of thioether (sulfide) groups is 2. The number of oxime groups is 1. The zero-order valence-corrected chi connectivity index (χ0v) is 19.5. The molecule has 0 saturated carbocycles. The van der Waals surface area contributed by atoms with Crippen molar-refractivity contribution >= 4 is 52.7 Å². The van der Waals surface area contributed by atoms with Crippen LogP contribution in [-0.4, -0.2) is 88.7 Å². The van der Waals surface area contributed by atoms with E-state index in [2.05, 4.69) is 31.0 Å². The first kappa shape index (κ1) is 23.5. The molecule has 2 atom stereocenters. The fourth-order valence-electron chi connectivity index (χ4n) is 3.37. The van der Waals surface area contributed by atoms with Crippen LogP contribution in [0.25, 0.3) is 0 Å². The summed E-state index contributed by atoms with van der Waals surface area (Å²) in [6, 6.07) is 2.06. The fraction of sp³-hybridized carbons (Fsp3) is 0.333. The summed E-state index contributed by atoms with van der Waals surface area (Å²) >= 11 is 2.62. The molecule has 16 heteroatoms. The van der Waals surface area contributed by atoms with Crippen LogP contribution in [0.3, 0.4) is 0 Å². The predicted molar refractivity (Wildman–Crippen MR) is 121 cm³/mol. The monoisotopic (exact) mass is 505 g/mol. The Morgan fingerprint density at radius 3 is 2.91 bits per heavy atom. The van der Waals surface area contributed by atoms with E-state index in [-0.39, 0.29) is 17.1 Å². The van der Waals surface area contributed by atoms with Crippen molar-refractivity contribution < 1.29 is 24.3 Å². The number of aryl methyl sites for hydroxylation is 1. The fourth-order valence-corrected chi connectivity index (χ4v) is 5.71. The van der Waals surface area contributed by atoms with E-state index in [4.69, 9.17) is 10.6 Å². The lowest BCUT2D eigenvalue weighted by atomic mass is 10.0. The Hall–Kier alpha value is -3.66. The van der Waals surface area contributed by atoms with E-state index in [0.717, 1.165) is 0 Å². The van der Waals surface area contributed by atoms with Gasteiger partial charge in [0.15, 0.2) is 5.71 Å². The first-order chi connectivity index (χ1) is 16.3. The number of fused-ring (bicyclic) bond motifs is 1. The van der Waals surface area contributed by atoms with Gasteiger partial charge in [-0.2, -0.15) is 0 Å². The second-order valence-corrected chi connectivity index (χ2v) is 9.14. The molecular formula is C18H19N9O5S2. The molecule has 4 N–H and O–H groups in total. The molecule has 4 rings (SSSR count). The standard InChI is InChI=1S/C18H19N9O5S2/c1-26-18(22-24-25-26)34-7-8-6-33-16-12(15(29)27(16)13(8)17(30)31)21-14(28)11(23-32-2)10-5-9(19)3-4-20-10/h3-5,12,16H,6-7H2,1-2H3,(H2,19,20)(H,21,28)(H,30,31)/t12?,16-/m1/s1. The Balaban J connectivity index is 1.50. The Labute approximate surface area is 201 Å². The number of nitrogen functional groups attached to an aromatic ring is 1. The maximum atomic E-state index is 12.9. The van der Waals surface area contributed by atoms with Gasteiger partial charge in [-0.3, -0.25) is 19.5 Å². The van der Waals surface area contributed by atoms with Crippen molar-refractivity contribution in [3.63, 3.8) is 0 Å². The van der Waals surface area contributed by atoms with Gasteiger partial charge >= 0.3 is 5.97 Å². The summed E-state index contributed by atoms with van der Waals surface area (Å²) < 4.78 is 1.47. The molecule has 0 aromatic carbocycles. The minimum atomic E-state index is -1.22. The van der Waals surface area contributed by atoms with Crippen LogP contribution in [0, 0.1) is 0 Å². The van der Waals surface area contributed by atoms with E-state index in [1.807, 2.05) is 0 Å². The maximum absolute atomic E-state index is 12.9. The van der Waals surface area contributed by atoms with E-state index >= 15 is 0 Å². The minimum absolute atomic E-state index is 0.0924. The van der Waals surface area contributed by atoms with E-state index in [0.29, 0.717) is 27.9 Å². The summed E-state index contributed by atoms with van der Waals surface area (Å²) in [6.07, 6.45) is 1.41. The number of carbonyl (C=O) groups excluding carboxylic acids is 2. The Kier molecular flexibility index (Phi) is 6.69. The SMILES string of the molecule is CON=C(C(=O)NC1C(=O)N2C(C(=O)O)=C(CSc3nnnn3C)CS[C@H]12)c1cc(N)ccn1. The molecule has 1 fully saturated rings. The number of hydrogen-bond donors (Lipinski definition) is 3. The maximum Gasteiger partial charge on any atom is 0.352 e. The van der Waals surface area contributed by atoms with Crippen LogP contribution in [0.15, 0.2) is 39.9 Å². The van der Waals surface area contributed by atoms with Gasteiger partial charge in [-0.25, -0.2) is 9.48 Å². The molecule has 0 aliphatic carbocycles. The Bertz CT molecular complexity index is 1210. The number of nitrogens with zero attached hydrogens (tertiary/aromatic N) is 7. The van der Waals surface area contributed by atoms with Crippen LogP contribution in [-0.2, 0) is 26.3 Å². The first-order valence-electron chi connectivity index (χ1n) is 9.71. The molecule has 2 aliphatic rings. The lowest BCUT2D eigenvalue weighted by Crippen LogP contribution is -2.71. The van der Waals surface area contributed by atoms with Gasteiger partial charge in [0.2, 0.25) is 5.16 Å². The van der Waals surface area contributed by atoms with Gasteiger partial charge in [0, 0.05) is 30.4 Å². The number of aliphatic carboxylic acids is 1. The van der Waals surface area contributed by atoms with E-state index in [1.54, 1.807) is 13.1 Å². The molecule has 1 saturated heterocycles. The molecule has 2 amide bonds. The summed E-state index contributed by atoms with van der Waals surface area (Å²) in [4.78, 5) is 47.8. The van der Waals surface area contributed by atoms with Crippen LogP contribution >= 0.6 is 23.5 Å². The van der Waals surface area contributed by atoms with Crippen LogP contribution < -0.4 is 11.1 Å². The molecule has 2 aliphatic heterocycles. The molecule has 178 valence electrons. The summed E-state index contributed by atoms with van der Waals surface area (Å²) in [7, 11) is 2.94. The van der Waals surface area contributed by atoms with E-state index in [9.17, 15) is 19.5 Å². The van der Waals surface area contributed by atoms with Gasteiger partial charge in [-0.15, -0.1) is 16.9 Å². The average Bonchev–Trinajstić information content (AvgIpc) is 3.23. The molecule has 14 nitrogen and oxygen atoms in total. The normalized spacial score (nSPS) is 20.0. The number of rotatable bonds is 8. The third-order valence-electron chi connectivity index (χ3n) is 4.92. The zero-order chi connectivity index (χ0) is 24.4. The van der Waals surface area contributed by atoms with Crippen LogP contribution in [0.4, 0.5) is 5.69 Å². The third kappa shape index (κ3) is 4.41. The number of pyridine rings is 1. The Morgan fingerprint density at radius 2 is 2.26 bits per heavy atom. The largest absolute Gasteiger partial charge is 0.477 e. The molecule has 34 heavy (non-hydrogen) atoms. The van der Waals surface area contributed by atoms with Crippen molar-refractivity contribution in [1.29, 1.82) is 0 Å². The Morgan fingerprint density at radius 1 is 1.47 bits per heavy atom. The predicted octanol–water partition coefficient (Wildman–Crippen LogP) is -0.931. The number of amides is 2. The summed E-state index contributed by atoms with van der Waals surface area (Å²) in [6.45, 7) is 0. The molecule has 1 unspecified atom stereocenters. The lowest BCUT2D eigenvalue weighted by molar-refractivity contribution is -0.150. The highest BCUT2D eigenvalue weighted by Crippen LogP contribution is 2.41. The third-order valence-corrected chi connectivity index (χ3v) is 7.35. The number of tetrazole rings is 1. The topological polar surface area (TPSA) is 191 Å². The van der Waals surface area contributed by atoms with Crippen LogP contribution in [0.5, 0.6) is 0 Å². The quantitative estimate of drug-likeness (QED) is 0.173. The van der Waals surface area contributed by atoms with Gasteiger partial charge in [0.05, 0.1) is 5.69 Å². The highest BCUT2D eigenvalue weighted by molar-refractivity contribution is 8.01. The second kappa shape index (κ2) is 9.68. The molecule has 0 bridgehead atoms. The highest BCUT2D eigenvalue weighted by Gasteiger charge is 2.54. The molecule has 2 aromatic rings. The number of β-lactam (4-membered cyclic amide) rings is 1. The molecular weight excluding hydrogens is 486 g/mol. The van der Waals surface area contributed by atoms with Gasteiger partial charge in [-0.05, 0) is 28.1 Å². The van der Waals surface area contributed by atoms with Crippen molar-refractivity contribution in [3.8, 4) is 0 Å². The summed E-state index contributed by atoms with van der Waals surface area (Å²) in [5.41, 5.74) is 6.60. The van der Waals surface area contributed by atoms with Gasteiger partial charge in [-0.1, -0.05) is 16.9 Å². The minimum Gasteiger partial charge on any atom is -0.477 e. The number of hydrogen-bond acceptors (Lipinski definition) is 12. The first-order valence-corrected chi connectivity index (χ1v) is 11.7. The van der Waals surface area contributed by atoms with Gasteiger partial charge in [0.1, 0.15) is 24.2 Å². The second-order valence-electron chi connectivity index (χ2n) is 7.09. The summed E-state index contributed by atoms with van der Waals surface area (Å²) in [5, 5.41) is 27.2. The highest BCUT2D eigenvalue weighted by atomic mass is 32.2. The van der Waals surface area contributed by atoms with E-state index in [1.165, 1.54) is 52.5 Å². The van der Waals surface area contributed by atoms with Crippen molar-refractivity contribution in [2.75, 3.05) is 24.3 Å². The molecule has 0 radical (unpaired) electrons. The molecule has 2 aromatic heterocycles. The number of carboxylic acid groups (broad SMARTS) is 1. The number of nitrogens with two attached hydrogens (primary N) is 1. The average molecular weight is 506 g/mol. The summed E-state index contributed by atoms with van der Waals surface area (Å²) in [5.74, 6) is -1.81. The molecule has 4 heterocycles. The number of carbonyl (C=O) groups is 3.